The lowest BCUT2D eigenvalue weighted by atomic mass is 9.73. The van der Waals surface area contributed by atoms with Gasteiger partial charge in [0.1, 0.15) is 0 Å². The van der Waals surface area contributed by atoms with Crippen molar-refractivity contribution in [2.45, 2.75) is 231 Å². The molecular weight excluding hydrogens is 871 g/mol. The van der Waals surface area contributed by atoms with E-state index in [1.165, 1.54) is 19.3 Å². The molecule has 0 amide bonds. The van der Waals surface area contributed by atoms with E-state index in [1.54, 1.807) is 0 Å². The van der Waals surface area contributed by atoms with Crippen LogP contribution in [-0.4, -0.2) is 33.2 Å². The first-order chi connectivity index (χ1) is 33.0. The molecular formula is C54H75N9O6. The highest BCUT2D eigenvalue weighted by atomic mass is 16.4. The Labute approximate surface area is 411 Å². The van der Waals surface area contributed by atoms with Crippen LogP contribution in [-0.2, 0) is 14.4 Å². The quantitative estimate of drug-likeness (QED) is 0.181. The third-order valence-electron chi connectivity index (χ3n) is 15.0. The van der Waals surface area contributed by atoms with Crippen molar-refractivity contribution in [3.8, 4) is 54.6 Å². The van der Waals surface area contributed by atoms with Crippen molar-refractivity contribution < 1.29 is 29.7 Å². The molecule has 3 N–H and O–H groups in total. The monoisotopic (exact) mass is 946 g/mol. The minimum Gasteiger partial charge on any atom is -0.481 e. The Morgan fingerprint density at radius 2 is 0.420 bits per heavy atom. The lowest BCUT2D eigenvalue weighted by Crippen LogP contribution is -2.25. The van der Waals surface area contributed by atoms with E-state index in [2.05, 4.69) is 54.6 Å². The van der Waals surface area contributed by atoms with Gasteiger partial charge in [0.25, 0.3) is 0 Å². The molecule has 0 bridgehead atoms. The van der Waals surface area contributed by atoms with Gasteiger partial charge in [-0.15, -0.1) is 0 Å². The summed E-state index contributed by atoms with van der Waals surface area (Å²) in [6.07, 6.45) is 31.3. The number of hydrogen-bond acceptors (Lipinski definition) is 12. The van der Waals surface area contributed by atoms with Crippen LogP contribution in [0.25, 0.3) is 0 Å². The highest BCUT2D eigenvalue weighted by Crippen LogP contribution is 2.43. The summed E-state index contributed by atoms with van der Waals surface area (Å²) >= 11 is 0. The van der Waals surface area contributed by atoms with Crippen molar-refractivity contribution in [2.24, 2.45) is 32.5 Å². The minimum atomic E-state index is -0.853. The van der Waals surface area contributed by atoms with Crippen LogP contribution < -0.4 is 0 Å². The van der Waals surface area contributed by atoms with Gasteiger partial charge in [0.15, 0.2) is 0 Å². The molecule has 0 aromatic rings. The molecule has 0 radical (unpaired) electrons. The summed E-state index contributed by atoms with van der Waals surface area (Å²) in [5, 5.41) is 105. The summed E-state index contributed by atoms with van der Waals surface area (Å²) in [7, 11) is 0. The molecule has 6 rings (SSSR count). The predicted octanol–water partition coefficient (Wildman–Crippen LogP) is 12.9. The fourth-order valence-electron chi connectivity index (χ4n) is 10.7. The smallest absolute Gasteiger partial charge is 0.304 e. The van der Waals surface area contributed by atoms with Gasteiger partial charge in [-0.25, -0.2) is 0 Å². The van der Waals surface area contributed by atoms with E-state index in [9.17, 15) is 14.4 Å². The van der Waals surface area contributed by atoms with E-state index in [4.69, 9.17) is 62.7 Å². The molecule has 15 nitrogen and oxygen atoms in total. The molecule has 69 heavy (non-hydrogen) atoms. The fraction of sp³-hybridized carbons (Fsp3) is 0.778. The maximum Gasteiger partial charge on any atom is 0.304 e. The topological polar surface area (TPSA) is 326 Å². The van der Waals surface area contributed by atoms with Crippen molar-refractivity contribution in [1.29, 1.82) is 47.4 Å². The Morgan fingerprint density at radius 1 is 0.275 bits per heavy atom. The Hall–Kier alpha value is -6.18. The van der Waals surface area contributed by atoms with Gasteiger partial charge < -0.3 is 15.3 Å². The van der Waals surface area contributed by atoms with Gasteiger partial charge in [0.2, 0.25) is 0 Å². The van der Waals surface area contributed by atoms with E-state index in [1.807, 2.05) is 0 Å². The maximum absolute atomic E-state index is 10.6. The second-order valence-electron chi connectivity index (χ2n) is 20.4. The summed E-state index contributed by atoms with van der Waals surface area (Å²) < 4.78 is 0. The third kappa shape index (κ3) is 22.7. The molecule has 0 saturated heterocycles. The first-order valence-electron chi connectivity index (χ1n) is 25.3. The number of carboxylic acid groups (broad SMARTS) is 3. The van der Waals surface area contributed by atoms with E-state index in [0.29, 0.717) is 19.3 Å². The van der Waals surface area contributed by atoms with Crippen molar-refractivity contribution in [2.75, 3.05) is 0 Å². The molecule has 6 aliphatic rings. The Balaban J connectivity index is 0.000000415. The normalized spacial score (nSPS) is 21.4. The molecule has 372 valence electrons. The zero-order valence-electron chi connectivity index (χ0n) is 41.0. The van der Waals surface area contributed by atoms with Crippen LogP contribution in [0.3, 0.4) is 0 Å². The average Bonchev–Trinajstić information content (AvgIpc) is 3.88. The van der Waals surface area contributed by atoms with Crippen LogP contribution in [0.5, 0.6) is 0 Å². The van der Waals surface area contributed by atoms with E-state index in [0.717, 1.165) is 173 Å². The Morgan fingerprint density at radius 3 is 0.565 bits per heavy atom. The Kier molecular flexibility index (Phi) is 28.7. The minimum absolute atomic E-state index is 0.0174. The van der Waals surface area contributed by atoms with Crippen LogP contribution in [0.4, 0.5) is 0 Å². The number of nitrogens with zero attached hydrogens (tertiary/aromatic N) is 9. The average molecular weight is 946 g/mol. The maximum atomic E-state index is 10.6. The zero-order chi connectivity index (χ0) is 51.6. The summed E-state index contributed by atoms with van der Waals surface area (Å²) in [5.74, 6) is -2.55. The highest BCUT2D eigenvalue weighted by Gasteiger charge is 2.38. The van der Waals surface area contributed by atoms with Crippen LogP contribution >= 0.6 is 0 Å². The number of carboxylic acids is 3. The van der Waals surface area contributed by atoms with Gasteiger partial charge >= 0.3 is 17.9 Å². The molecule has 0 heterocycles. The summed E-state index contributed by atoms with van der Waals surface area (Å²) in [6.45, 7) is 0. The number of hydrogen-bond donors (Lipinski definition) is 3. The molecule has 15 heteroatoms. The standard InChI is InChI=1S/C10H14N2.C10H15NO2.C9H12N2.C9H13NO2.C8H10N2.C8H11NO2/c11-8-7-10(9-12)5-3-1-2-4-6-10;11-8-10(7-9(12)13)5-3-1-2-4-6-10;10-7-6-9(8-11)4-2-1-3-5-9;10-7-9(6-8(11)12)4-2-1-3-5-9;9-6-5-8(7-10)3-1-2-4-8;9-6-8(5-7(10)11)3-1-2-4-8/h1-7H2;1-7H2,(H,12,13);1-6H2;1-6H2,(H,11,12);1-5H2;1-5H2,(H,10,11). The van der Waals surface area contributed by atoms with Crippen LogP contribution in [0, 0.1) is 134 Å². The second kappa shape index (κ2) is 32.5. The second-order valence-corrected chi connectivity index (χ2v) is 20.4. The largest absolute Gasteiger partial charge is 0.481 e. The first-order valence-corrected chi connectivity index (χ1v) is 25.3. The molecule has 0 aliphatic heterocycles. The summed E-state index contributed by atoms with van der Waals surface area (Å²) in [6, 6.07) is 19.7. The summed E-state index contributed by atoms with van der Waals surface area (Å²) in [5.41, 5.74) is -2.51. The van der Waals surface area contributed by atoms with Gasteiger partial charge in [-0.05, 0) is 77.0 Å². The molecule has 0 aromatic carbocycles. The van der Waals surface area contributed by atoms with E-state index >= 15 is 0 Å². The molecule has 0 spiro atoms. The third-order valence-corrected chi connectivity index (χ3v) is 15.0. The molecule has 0 atom stereocenters. The number of aliphatic carboxylic acids is 3. The Bertz CT molecular complexity index is 1980. The van der Waals surface area contributed by atoms with Crippen molar-refractivity contribution >= 4 is 17.9 Å². The highest BCUT2D eigenvalue weighted by molar-refractivity contribution is 5.69. The lowest BCUT2D eigenvalue weighted by Gasteiger charge is -2.28. The number of rotatable bonds is 9. The predicted molar refractivity (Wildman–Crippen MR) is 254 cm³/mol. The van der Waals surface area contributed by atoms with Gasteiger partial charge in [0.05, 0.1) is 126 Å². The molecule has 0 unspecified atom stereocenters. The van der Waals surface area contributed by atoms with E-state index in [-0.39, 0.29) is 35.5 Å². The summed E-state index contributed by atoms with van der Waals surface area (Å²) in [4.78, 5) is 31.4. The van der Waals surface area contributed by atoms with Gasteiger partial charge in [-0.2, -0.15) is 47.4 Å². The van der Waals surface area contributed by atoms with Crippen molar-refractivity contribution in [3.05, 3.63) is 0 Å². The van der Waals surface area contributed by atoms with Gasteiger partial charge in [-0.3, -0.25) is 14.4 Å². The van der Waals surface area contributed by atoms with Crippen LogP contribution in [0.15, 0.2) is 0 Å². The van der Waals surface area contributed by atoms with Crippen molar-refractivity contribution in [1.82, 2.24) is 0 Å². The zero-order valence-corrected chi connectivity index (χ0v) is 41.0. The number of nitriles is 9. The SMILES string of the molecule is N#CC1(CC(=O)O)CCCC1.N#CC1(CC(=O)O)CCCCC1.N#CC1(CC(=O)O)CCCCCC1.N#CCC1(C#N)CCCC1.N#CCC1(C#N)CCCCC1.N#CCC1(C#N)CCCCCC1. The van der Waals surface area contributed by atoms with Gasteiger partial charge in [-0.1, -0.05) is 116 Å². The lowest BCUT2D eigenvalue weighted by molar-refractivity contribution is -0.140. The molecule has 6 aliphatic carbocycles. The number of carbonyl (C=O) groups is 3. The molecule has 6 saturated carbocycles. The van der Waals surface area contributed by atoms with Crippen LogP contribution in [0.1, 0.15) is 231 Å². The molecule has 6 fully saturated rings. The fourth-order valence-corrected chi connectivity index (χ4v) is 10.7. The van der Waals surface area contributed by atoms with E-state index < -0.39 is 34.2 Å². The van der Waals surface area contributed by atoms with Crippen LogP contribution in [0.2, 0.25) is 0 Å². The molecule has 0 aromatic heterocycles. The van der Waals surface area contributed by atoms with Gasteiger partial charge in [0, 0.05) is 0 Å². The van der Waals surface area contributed by atoms with Crippen molar-refractivity contribution in [3.63, 3.8) is 0 Å². The first kappa shape index (κ1) is 60.8.